The molecule has 1 N–H and O–H groups in total. The molecular weight excluding hydrogens is 270 g/mol. The molecule has 2 heterocycles. The summed E-state index contributed by atoms with van der Waals surface area (Å²) in [5, 5.41) is 3.36. The molecule has 0 radical (unpaired) electrons. The molecule has 0 amide bonds. The van der Waals surface area contributed by atoms with Crippen LogP contribution in [0.1, 0.15) is 30.9 Å². The maximum Gasteiger partial charge on any atom is 0.323 e. The molecule has 1 aromatic carbocycles. The van der Waals surface area contributed by atoms with Crippen molar-refractivity contribution in [1.29, 1.82) is 0 Å². The molecule has 0 aromatic heterocycles. The number of hydrogen-bond donors (Lipinski definition) is 1. The number of piperidine rings is 1. The number of benzene rings is 1. The molecule has 0 aliphatic carbocycles. The van der Waals surface area contributed by atoms with E-state index in [9.17, 15) is 4.79 Å². The molecule has 0 saturated carbocycles. The van der Waals surface area contributed by atoms with E-state index in [1.165, 1.54) is 7.11 Å². The van der Waals surface area contributed by atoms with Crippen LogP contribution in [0.3, 0.4) is 0 Å². The number of methoxy groups -OCH3 is 1. The van der Waals surface area contributed by atoms with Crippen LogP contribution in [-0.4, -0.2) is 38.1 Å². The maximum atomic E-state index is 12.0. The molecule has 2 aliphatic rings. The Hall–Kier alpha value is -1.43. The van der Waals surface area contributed by atoms with Crippen molar-refractivity contribution in [3.05, 3.63) is 35.9 Å². The highest BCUT2D eigenvalue weighted by molar-refractivity contribution is 5.76. The smallest absolute Gasteiger partial charge is 0.323 e. The van der Waals surface area contributed by atoms with Crippen LogP contribution < -0.4 is 5.32 Å². The summed E-state index contributed by atoms with van der Waals surface area (Å²) in [5.41, 5.74) is 1.13. The van der Waals surface area contributed by atoms with E-state index in [0.717, 1.165) is 12.0 Å². The Morgan fingerprint density at radius 2 is 1.95 bits per heavy atom. The van der Waals surface area contributed by atoms with Gasteiger partial charge in [0.1, 0.15) is 6.04 Å². The van der Waals surface area contributed by atoms with Gasteiger partial charge in [-0.15, -0.1) is 0 Å². The van der Waals surface area contributed by atoms with Crippen LogP contribution >= 0.6 is 0 Å². The quantitative estimate of drug-likeness (QED) is 0.842. The fourth-order valence-corrected chi connectivity index (χ4v) is 3.11. The van der Waals surface area contributed by atoms with Gasteiger partial charge in [-0.25, -0.2) is 0 Å². The Morgan fingerprint density at radius 1 is 1.24 bits per heavy atom. The van der Waals surface area contributed by atoms with E-state index in [2.05, 4.69) is 5.32 Å². The van der Waals surface area contributed by atoms with Gasteiger partial charge in [0.15, 0.2) is 5.79 Å². The molecule has 2 aliphatic heterocycles. The van der Waals surface area contributed by atoms with Crippen LogP contribution in [0, 0.1) is 0 Å². The highest BCUT2D eigenvalue weighted by Crippen LogP contribution is 2.38. The topological polar surface area (TPSA) is 56.8 Å². The number of carbonyl (C=O) groups excluding carboxylic acids is 1. The molecule has 1 spiro atoms. The number of ether oxygens (including phenoxy) is 3. The predicted octanol–water partition coefficient (Wildman–Crippen LogP) is 1.79. The molecule has 114 valence electrons. The predicted molar refractivity (Wildman–Crippen MR) is 76.6 cm³/mol. The van der Waals surface area contributed by atoms with Gasteiger partial charge in [-0.3, -0.25) is 10.1 Å². The molecular formula is C16H21NO4. The van der Waals surface area contributed by atoms with Crippen LogP contribution in [-0.2, 0) is 19.0 Å². The lowest BCUT2D eigenvalue weighted by atomic mass is 9.88. The zero-order chi connectivity index (χ0) is 14.7. The number of nitrogens with one attached hydrogen (secondary N) is 1. The molecule has 1 aromatic rings. The first kappa shape index (κ1) is 14.5. The third-order valence-electron chi connectivity index (χ3n) is 4.14. The molecule has 2 fully saturated rings. The van der Waals surface area contributed by atoms with Crippen molar-refractivity contribution >= 4 is 5.97 Å². The summed E-state index contributed by atoms with van der Waals surface area (Å²) in [5.74, 6) is -0.948. The molecule has 5 heteroatoms. The minimum Gasteiger partial charge on any atom is -0.468 e. The molecule has 21 heavy (non-hydrogen) atoms. The molecule has 2 atom stereocenters. The molecule has 0 bridgehead atoms. The van der Waals surface area contributed by atoms with Crippen LogP contribution in [0.5, 0.6) is 0 Å². The molecule has 0 unspecified atom stereocenters. The SMILES string of the molecule is COC(=O)[C@@H]1CC2(C[C@@H](c3ccccc3)N1)OCCCO2. The van der Waals surface area contributed by atoms with Gasteiger partial charge in [0.25, 0.3) is 0 Å². The second-order valence-corrected chi connectivity index (χ2v) is 5.58. The average Bonchev–Trinajstić information content (AvgIpc) is 2.55. The summed E-state index contributed by atoms with van der Waals surface area (Å²) in [6.07, 6.45) is 2.08. The minimum absolute atomic E-state index is 0.0159. The second-order valence-electron chi connectivity index (χ2n) is 5.58. The Balaban J connectivity index is 1.85. The lowest BCUT2D eigenvalue weighted by molar-refractivity contribution is -0.286. The van der Waals surface area contributed by atoms with Gasteiger partial charge in [0.05, 0.1) is 20.3 Å². The lowest BCUT2D eigenvalue weighted by Crippen LogP contribution is -2.56. The highest BCUT2D eigenvalue weighted by atomic mass is 16.7. The summed E-state index contributed by atoms with van der Waals surface area (Å²) in [4.78, 5) is 12.0. The molecule has 3 rings (SSSR count). The van der Waals surface area contributed by atoms with Gasteiger partial charge in [-0.2, -0.15) is 0 Å². The van der Waals surface area contributed by atoms with Gasteiger partial charge in [0, 0.05) is 18.9 Å². The van der Waals surface area contributed by atoms with Gasteiger partial charge < -0.3 is 14.2 Å². The Labute approximate surface area is 124 Å². The van der Waals surface area contributed by atoms with Gasteiger partial charge in [-0.05, 0) is 12.0 Å². The summed E-state index contributed by atoms with van der Waals surface area (Å²) >= 11 is 0. The largest absolute Gasteiger partial charge is 0.468 e. The zero-order valence-corrected chi connectivity index (χ0v) is 12.2. The number of hydrogen-bond acceptors (Lipinski definition) is 5. The first-order valence-corrected chi connectivity index (χ1v) is 7.39. The van der Waals surface area contributed by atoms with E-state index in [-0.39, 0.29) is 12.0 Å². The van der Waals surface area contributed by atoms with E-state index in [4.69, 9.17) is 14.2 Å². The third-order valence-corrected chi connectivity index (χ3v) is 4.14. The van der Waals surface area contributed by atoms with Crippen molar-refractivity contribution in [3.63, 3.8) is 0 Å². The summed E-state index contributed by atoms with van der Waals surface area (Å²) < 4.78 is 16.7. The second kappa shape index (κ2) is 6.13. The summed E-state index contributed by atoms with van der Waals surface area (Å²) in [6.45, 7) is 1.35. The fraction of sp³-hybridized carbons (Fsp3) is 0.562. The minimum atomic E-state index is -0.678. The fourth-order valence-electron chi connectivity index (χ4n) is 3.11. The van der Waals surface area contributed by atoms with E-state index in [0.29, 0.717) is 26.1 Å². The van der Waals surface area contributed by atoms with Gasteiger partial charge in [-0.1, -0.05) is 30.3 Å². The van der Waals surface area contributed by atoms with Crippen molar-refractivity contribution in [1.82, 2.24) is 5.32 Å². The van der Waals surface area contributed by atoms with E-state index in [1.807, 2.05) is 30.3 Å². The van der Waals surface area contributed by atoms with E-state index in [1.54, 1.807) is 0 Å². The van der Waals surface area contributed by atoms with Gasteiger partial charge >= 0.3 is 5.97 Å². The normalized spacial score (nSPS) is 28.2. The van der Waals surface area contributed by atoms with Gasteiger partial charge in [0.2, 0.25) is 0 Å². The van der Waals surface area contributed by atoms with Crippen molar-refractivity contribution in [2.24, 2.45) is 0 Å². The molecule has 5 nitrogen and oxygen atoms in total. The summed E-state index contributed by atoms with van der Waals surface area (Å²) in [6, 6.07) is 9.67. The Morgan fingerprint density at radius 3 is 2.62 bits per heavy atom. The van der Waals surface area contributed by atoms with Crippen molar-refractivity contribution in [2.75, 3.05) is 20.3 Å². The highest BCUT2D eigenvalue weighted by Gasteiger charge is 2.46. The van der Waals surface area contributed by atoms with E-state index < -0.39 is 11.8 Å². The first-order valence-electron chi connectivity index (χ1n) is 7.39. The Kier molecular flexibility index (Phi) is 4.24. The van der Waals surface area contributed by atoms with Crippen LogP contribution in [0.15, 0.2) is 30.3 Å². The third kappa shape index (κ3) is 3.10. The summed E-state index contributed by atoms with van der Waals surface area (Å²) in [7, 11) is 1.41. The standard InChI is InChI=1S/C16H21NO4/c1-19-15(18)14-11-16(20-8-5-9-21-16)10-13(17-14)12-6-3-2-4-7-12/h2-4,6-7,13-14,17H,5,8-11H2,1H3/t13-,14-/m0/s1. The zero-order valence-electron chi connectivity index (χ0n) is 12.2. The first-order chi connectivity index (χ1) is 10.2. The van der Waals surface area contributed by atoms with E-state index >= 15 is 0 Å². The van der Waals surface area contributed by atoms with Crippen LogP contribution in [0.25, 0.3) is 0 Å². The van der Waals surface area contributed by atoms with Crippen molar-refractivity contribution in [3.8, 4) is 0 Å². The van der Waals surface area contributed by atoms with Crippen LogP contribution in [0.4, 0.5) is 0 Å². The Bertz CT molecular complexity index is 484. The lowest BCUT2D eigenvalue weighted by Gasteiger charge is -2.45. The van der Waals surface area contributed by atoms with Crippen molar-refractivity contribution in [2.45, 2.75) is 37.1 Å². The molecule has 2 saturated heterocycles. The monoisotopic (exact) mass is 291 g/mol. The number of rotatable bonds is 2. The number of carbonyl (C=O) groups is 1. The van der Waals surface area contributed by atoms with Crippen molar-refractivity contribution < 1.29 is 19.0 Å². The average molecular weight is 291 g/mol. The number of esters is 1. The van der Waals surface area contributed by atoms with Crippen LogP contribution in [0.2, 0.25) is 0 Å². The maximum absolute atomic E-state index is 12.0.